The molecule has 0 saturated heterocycles. The normalized spacial score (nSPS) is 10.2. The number of carbonyl (C=O) groups is 2. The lowest BCUT2D eigenvalue weighted by Crippen LogP contribution is -2.11. The summed E-state index contributed by atoms with van der Waals surface area (Å²) in [5.74, 6) is -1.38. The molecule has 0 atom stereocenters. The number of halogens is 2. The van der Waals surface area contributed by atoms with E-state index in [9.17, 15) is 9.59 Å². The van der Waals surface area contributed by atoms with E-state index < -0.39 is 5.97 Å². The van der Waals surface area contributed by atoms with Gasteiger partial charge in [0.15, 0.2) is 0 Å². The number of carbonyl (C=O) groups excluding carboxylic acids is 1. The summed E-state index contributed by atoms with van der Waals surface area (Å²) in [5, 5.41) is 13.3. The molecule has 98 valence electrons. The van der Waals surface area contributed by atoms with Crippen LogP contribution >= 0.6 is 38.9 Å². The Bertz CT molecular complexity index is 656. The van der Waals surface area contributed by atoms with Crippen LogP contribution in [-0.4, -0.2) is 17.0 Å². The predicted octanol–water partition coefficient (Wildman–Crippen LogP) is 4.11. The van der Waals surface area contributed by atoms with Crippen molar-refractivity contribution in [1.29, 1.82) is 0 Å². The molecule has 7 heteroatoms. The third kappa shape index (κ3) is 3.34. The lowest BCUT2D eigenvalue weighted by Gasteiger charge is -2.05. The topological polar surface area (TPSA) is 66.4 Å². The Labute approximate surface area is 126 Å². The van der Waals surface area contributed by atoms with Gasteiger partial charge in [-0.2, -0.15) is 0 Å². The third-order valence-electron chi connectivity index (χ3n) is 2.29. The van der Waals surface area contributed by atoms with E-state index in [0.29, 0.717) is 11.3 Å². The molecule has 0 aliphatic rings. The Balaban J connectivity index is 2.18. The second kappa shape index (κ2) is 5.73. The molecule has 0 aliphatic heterocycles. The van der Waals surface area contributed by atoms with Gasteiger partial charge in [-0.25, -0.2) is 4.79 Å². The van der Waals surface area contributed by atoms with Gasteiger partial charge in [-0.1, -0.05) is 11.6 Å². The summed E-state index contributed by atoms with van der Waals surface area (Å²) in [4.78, 5) is 22.7. The second-order valence-electron chi connectivity index (χ2n) is 3.59. The maximum Gasteiger partial charge on any atom is 0.337 e. The number of carboxylic acids is 1. The lowest BCUT2D eigenvalue weighted by atomic mass is 10.2. The number of aromatic carboxylic acids is 1. The summed E-state index contributed by atoms with van der Waals surface area (Å²) >= 11 is 10.5. The number of carboxylic acid groups (broad SMARTS) is 1. The van der Waals surface area contributed by atoms with E-state index in [1.165, 1.54) is 29.5 Å². The van der Waals surface area contributed by atoms with E-state index in [1.54, 1.807) is 11.4 Å². The van der Waals surface area contributed by atoms with Crippen molar-refractivity contribution in [3.63, 3.8) is 0 Å². The summed E-state index contributed by atoms with van der Waals surface area (Å²) < 4.78 is 0.858. The molecule has 1 amide bonds. The van der Waals surface area contributed by atoms with Crippen LogP contribution in [0.15, 0.2) is 33.4 Å². The maximum atomic E-state index is 11.9. The van der Waals surface area contributed by atoms with Crippen LogP contribution in [0.1, 0.15) is 20.7 Å². The lowest BCUT2D eigenvalue weighted by molar-refractivity contribution is 0.0697. The summed E-state index contributed by atoms with van der Waals surface area (Å²) in [6.07, 6.45) is 0. The Morgan fingerprint density at radius 3 is 2.58 bits per heavy atom. The van der Waals surface area contributed by atoms with Gasteiger partial charge in [0, 0.05) is 11.1 Å². The molecular weight excluding hydrogens is 354 g/mol. The van der Waals surface area contributed by atoms with E-state index in [-0.39, 0.29) is 16.5 Å². The average Bonchev–Trinajstić information content (AvgIpc) is 2.75. The van der Waals surface area contributed by atoms with E-state index in [0.717, 1.165) is 3.79 Å². The van der Waals surface area contributed by atoms with E-state index in [1.807, 2.05) is 0 Å². The Morgan fingerprint density at radius 1 is 1.32 bits per heavy atom. The molecule has 4 nitrogen and oxygen atoms in total. The van der Waals surface area contributed by atoms with Crippen LogP contribution in [0.25, 0.3) is 0 Å². The molecule has 1 aromatic heterocycles. The van der Waals surface area contributed by atoms with Crippen LogP contribution in [0.2, 0.25) is 5.02 Å². The van der Waals surface area contributed by atoms with Gasteiger partial charge in [0.05, 0.1) is 19.9 Å². The number of amides is 1. The number of rotatable bonds is 3. The zero-order valence-corrected chi connectivity index (χ0v) is 12.5. The first-order valence-corrected chi connectivity index (χ1v) is 7.10. The molecule has 0 spiro atoms. The number of hydrogen-bond donors (Lipinski definition) is 2. The van der Waals surface area contributed by atoms with Crippen molar-refractivity contribution in [2.45, 2.75) is 0 Å². The smallest absolute Gasteiger partial charge is 0.337 e. The standard InChI is InChI=1S/C12H7BrClNO3S/c13-10-3-6(5-19-10)11(16)15-7-1-2-8(12(17)18)9(14)4-7/h1-5H,(H,15,16)(H,17,18). The largest absolute Gasteiger partial charge is 0.478 e. The zero-order chi connectivity index (χ0) is 14.0. The fourth-order valence-electron chi connectivity index (χ4n) is 1.40. The number of nitrogens with one attached hydrogen (secondary N) is 1. The molecule has 19 heavy (non-hydrogen) atoms. The van der Waals surface area contributed by atoms with Gasteiger partial charge in [0.25, 0.3) is 5.91 Å². The molecule has 1 heterocycles. The average molecular weight is 361 g/mol. The fourth-order valence-corrected chi connectivity index (χ4v) is 2.80. The van der Waals surface area contributed by atoms with E-state index >= 15 is 0 Å². The molecule has 2 N–H and O–H groups in total. The SMILES string of the molecule is O=C(Nc1ccc(C(=O)O)c(Cl)c1)c1csc(Br)c1. The third-order valence-corrected chi connectivity index (χ3v) is 4.10. The highest BCUT2D eigenvalue weighted by atomic mass is 79.9. The second-order valence-corrected chi connectivity index (χ2v) is 6.29. The molecule has 0 unspecified atom stereocenters. The first-order chi connectivity index (χ1) is 8.97. The van der Waals surface area contributed by atoms with Gasteiger partial charge in [-0.15, -0.1) is 11.3 Å². The summed E-state index contributed by atoms with van der Waals surface area (Å²) in [7, 11) is 0. The zero-order valence-electron chi connectivity index (χ0n) is 9.31. The van der Waals surface area contributed by atoms with Gasteiger partial charge >= 0.3 is 5.97 Å². The summed E-state index contributed by atoms with van der Waals surface area (Å²) in [6, 6.07) is 5.95. The van der Waals surface area contributed by atoms with Crippen molar-refractivity contribution in [3.8, 4) is 0 Å². The van der Waals surface area contributed by atoms with Gasteiger partial charge in [0.1, 0.15) is 0 Å². The number of benzene rings is 1. The van der Waals surface area contributed by atoms with Crippen molar-refractivity contribution in [2.75, 3.05) is 5.32 Å². The van der Waals surface area contributed by atoms with Crippen LogP contribution < -0.4 is 5.32 Å². The van der Waals surface area contributed by atoms with Crippen LogP contribution in [-0.2, 0) is 0 Å². The molecular formula is C12H7BrClNO3S. The maximum absolute atomic E-state index is 11.9. The minimum atomic E-state index is -1.11. The Hall–Kier alpha value is -1.37. The quantitative estimate of drug-likeness (QED) is 0.865. The molecule has 0 bridgehead atoms. The number of hydrogen-bond acceptors (Lipinski definition) is 3. The molecule has 2 aromatic rings. The molecule has 1 aromatic carbocycles. The monoisotopic (exact) mass is 359 g/mol. The molecule has 0 saturated carbocycles. The van der Waals surface area contributed by atoms with Crippen LogP contribution in [0.3, 0.4) is 0 Å². The molecule has 2 rings (SSSR count). The molecule has 0 fully saturated rings. The predicted molar refractivity (Wildman–Crippen MR) is 78.4 cm³/mol. The van der Waals surface area contributed by atoms with Crippen molar-refractivity contribution in [1.82, 2.24) is 0 Å². The van der Waals surface area contributed by atoms with E-state index in [2.05, 4.69) is 21.2 Å². The Kier molecular flexibility index (Phi) is 4.24. The first kappa shape index (κ1) is 14.0. The molecule has 0 aliphatic carbocycles. The van der Waals surface area contributed by atoms with Crippen molar-refractivity contribution in [2.24, 2.45) is 0 Å². The summed E-state index contributed by atoms with van der Waals surface area (Å²) in [6.45, 7) is 0. The Morgan fingerprint density at radius 2 is 2.05 bits per heavy atom. The summed E-state index contributed by atoms with van der Waals surface area (Å²) in [5.41, 5.74) is 0.968. The first-order valence-electron chi connectivity index (χ1n) is 5.05. The van der Waals surface area contributed by atoms with Gasteiger partial charge < -0.3 is 10.4 Å². The highest BCUT2D eigenvalue weighted by molar-refractivity contribution is 9.11. The van der Waals surface area contributed by atoms with Crippen molar-refractivity contribution in [3.05, 3.63) is 49.6 Å². The molecule has 0 radical (unpaired) electrons. The van der Waals surface area contributed by atoms with Crippen molar-refractivity contribution < 1.29 is 14.7 Å². The minimum absolute atomic E-state index is 0.00190. The number of anilines is 1. The van der Waals surface area contributed by atoms with Crippen molar-refractivity contribution >= 4 is 56.4 Å². The van der Waals surface area contributed by atoms with Crippen LogP contribution in [0.5, 0.6) is 0 Å². The van der Waals surface area contributed by atoms with Gasteiger partial charge in [-0.3, -0.25) is 4.79 Å². The highest BCUT2D eigenvalue weighted by Gasteiger charge is 2.12. The van der Waals surface area contributed by atoms with Gasteiger partial charge in [-0.05, 0) is 40.2 Å². The fraction of sp³-hybridized carbons (Fsp3) is 0. The van der Waals surface area contributed by atoms with E-state index in [4.69, 9.17) is 16.7 Å². The number of thiophene rings is 1. The van der Waals surface area contributed by atoms with Gasteiger partial charge in [0.2, 0.25) is 0 Å². The van der Waals surface area contributed by atoms with Crippen LogP contribution in [0.4, 0.5) is 5.69 Å². The highest BCUT2D eigenvalue weighted by Crippen LogP contribution is 2.24. The minimum Gasteiger partial charge on any atom is -0.478 e. The van der Waals surface area contributed by atoms with Crippen LogP contribution in [0, 0.1) is 0 Å².